The third kappa shape index (κ3) is 6.10. The van der Waals surface area contributed by atoms with Crippen molar-refractivity contribution >= 4 is 34.6 Å². The Hall–Kier alpha value is -4.22. The number of allylic oxidation sites excluding steroid dienone is 1. The third-order valence-electron chi connectivity index (χ3n) is 6.04. The first-order valence-corrected chi connectivity index (χ1v) is 12.9. The third-order valence-corrected chi connectivity index (χ3v) is 6.65. The number of methoxy groups -OCH3 is 1. The summed E-state index contributed by atoms with van der Waals surface area (Å²) in [5.41, 5.74) is 5.52. The van der Waals surface area contributed by atoms with Gasteiger partial charge in [-0.2, -0.15) is 18.4 Å². The number of hydrogen-bond donors (Lipinski definition) is 3. The number of nitrogens with zero attached hydrogens (tertiary/aromatic N) is 3. The van der Waals surface area contributed by atoms with Crippen LogP contribution in [0.5, 0.6) is 0 Å². The van der Waals surface area contributed by atoms with Crippen molar-refractivity contribution in [3.05, 3.63) is 76.0 Å². The second-order valence-corrected chi connectivity index (χ2v) is 9.63. The lowest BCUT2D eigenvalue weighted by atomic mass is 9.88. The Morgan fingerprint density at radius 3 is 2.51 bits per heavy atom. The second-order valence-electron chi connectivity index (χ2n) is 8.43. The molecule has 1 heterocycles. The first-order valence-electron chi connectivity index (χ1n) is 11.3. The Balaban J connectivity index is 2.30. The van der Waals surface area contributed by atoms with Gasteiger partial charge in [0.1, 0.15) is 6.04 Å². The van der Waals surface area contributed by atoms with E-state index in [-0.39, 0.29) is 35.5 Å². The van der Waals surface area contributed by atoms with E-state index in [9.17, 15) is 32.2 Å². The van der Waals surface area contributed by atoms with Gasteiger partial charge in [-0.25, -0.2) is 18.5 Å². The molecule has 2 atom stereocenters. The van der Waals surface area contributed by atoms with E-state index >= 15 is 0 Å². The molecule has 0 saturated carbocycles. The molecule has 0 spiro atoms. The highest BCUT2D eigenvalue weighted by molar-refractivity contribution is 7.82. The topological polar surface area (TPSA) is 153 Å². The fourth-order valence-electron chi connectivity index (χ4n) is 4.36. The highest BCUT2D eigenvalue weighted by atomic mass is 32.2. The number of rotatable bonds is 7. The van der Waals surface area contributed by atoms with Gasteiger partial charge in [0.05, 0.1) is 40.9 Å². The van der Waals surface area contributed by atoms with Crippen LogP contribution in [0, 0.1) is 16.7 Å². The lowest BCUT2D eigenvalue weighted by Gasteiger charge is -2.43. The van der Waals surface area contributed by atoms with Gasteiger partial charge in [0, 0.05) is 24.2 Å². The molecule has 1 aliphatic heterocycles. The monoisotopic (exact) mass is 562 g/mol. The molecule has 1 aliphatic rings. The van der Waals surface area contributed by atoms with E-state index in [1.807, 2.05) is 6.07 Å². The second kappa shape index (κ2) is 11.7. The van der Waals surface area contributed by atoms with Crippen LogP contribution >= 0.6 is 0 Å². The van der Waals surface area contributed by atoms with Crippen molar-refractivity contribution in [2.75, 3.05) is 24.8 Å². The van der Waals surface area contributed by atoms with Gasteiger partial charge >= 0.3 is 18.2 Å². The first-order chi connectivity index (χ1) is 18.3. The Bertz CT molecular complexity index is 1420. The molecule has 2 aromatic carbocycles. The number of benzene rings is 2. The normalized spacial score (nSPS) is 16.6. The maximum atomic E-state index is 13.4. The predicted molar refractivity (Wildman–Crippen MR) is 137 cm³/mol. The van der Waals surface area contributed by atoms with Gasteiger partial charge in [-0.3, -0.25) is 15.2 Å². The maximum Gasteiger partial charge on any atom is 0.416 e. The van der Waals surface area contributed by atoms with E-state index in [0.29, 0.717) is 11.1 Å². The number of carbonyl (C=O) groups is 2. The summed E-state index contributed by atoms with van der Waals surface area (Å²) in [7, 11) is -0.237. The van der Waals surface area contributed by atoms with E-state index in [0.717, 1.165) is 35.1 Å². The van der Waals surface area contributed by atoms with Crippen molar-refractivity contribution in [1.29, 1.82) is 10.7 Å². The predicted octanol–water partition coefficient (Wildman–Crippen LogP) is 3.33. The van der Waals surface area contributed by atoms with E-state index in [1.54, 1.807) is 0 Å². The molecule has 39 heavy (non-hydrogen) atoms. The summed E-state index contributed by atoms with van der Waals surface area (Å²) in [5, 5.41) is 18.2. The number of carbonyl (C=O) groups excluding carboxylic acids is 2. The van der Waals surface area contributed by atoms with Crippen molar-refractivity contribution < 1.29 is 31.7 Å². The molecule has 1 unspecified atom stereocenters. The van der Waals surface area contributed by atoms with Crippen LogP contribution in [0.2, 0.25) is 0 Å². The van der Waals surface area contributed by atoms with Crippen molar-refractivity contribution in [3.8, 4) is 6.07 Å². The number of nitrogens with two attached hydrogens (primary N) is 1. The van der Waals surface area contributed by atoms with E-state index < -0.39 is 46.7 Å². The van der Waals surface area contributed by atoms with Gasteiger partial charge in [0.15, 0.2) is 0 Å². The zero-order valence-electron chi connectivity index (χ0n) is 21.1. The average molecular weight is 563 g/mol. The number of alkyl halides is 3. The maximum absolute atomic E-state index is 13.4. The molecule has 2 aromatic rings. The SMILES string of the molecule is COC(=O)C1=C(C)N(c2cccc(C(F)(F)F)c2)C(=N)N(C(N)=O)[C@@H]1c1ccc(C#N)cc1CCNS(C)=O. The van der Waals surface area contributed by atoms with Crippen LogP contribution in [-0.2, 0) is 33.1 Å². The van der Waals surface area contributed by atoms with Gasteiger partial charge in [-0.15, -0.1) is 0 Å². The number of esters is 1. The van der Waals surface area contributed by atoms with Gasteiger partial charge in [0.2, 0.25) is 5.96 Å². The summed E-state index contributed by atoms with van der Waals surface area (Å²) in [6.07, 6.45) is -3.03. The minimum absolute atomic E-state index is 0.0387. The Labute approximate surface area is 224 Å². The van der Waals surface area contributed by atoms with E-state index in [1.165, 1.54) is 37.4 Å². The van der Waals surface area contributed by atoms with Gasteiger partial charge < -0.3 is 10.5 Å². The zero-order chi connectivity index (χ0) is 29.1. The minimum atomic E-state index is -4.68. The van der Waals surface area contributed by atoms with Crippen molar-refractivity contribution in [2.45, 2.75) is 25.6 Å². The van der Waals surface area contributed by atoms with Crippen molar-refractivity contribution in [2.24, 2.45) is 5.73 Å². The van der Waals surface area contributed by atoms with Gasteiger partial charge in [-0.05, 0) is 54.8 Å². The van der Waals surface area contributed by atoms with Crippen molar-refractivity contribution in [1.82, 2.24) is 9.62 Å². The summed E-state index contributed by atoms with van der Waals surface area (Å²) in [6.45, 7) is 1.62. The molecule has 0 aliphatic carbocycles. The quantitative estimate of drug-likeness (QED) is 0.440. The summed E-state index contributed by atoms with van der Waals surface area (Å²) >= 11 is 0. The van der Waals surface area contributed by atoms with Crippen LogP contribution in [0.3, 0.4) is 0 Å². The molecule has 206 valence electrons. The number of anilines is 1. The first kappa shape index (κ1) is 29.3. The Morgan fingerprint density at radius 1 is 1.26 bits per heavy atom. The fourth-order valence-corrected chi connectivity index (χ4v) is 4.75. The molecule has 14 heteroatoms. The van der Waals surface area contributed by atoms with Crippen LogP contribution in [0.1, 0.15) is 35.2 Å². The highest BCUT2D eigenvalue weighted by Gasteiger charge is 2.44. The largest absolute Gasteiger partial charge is 0.466 e. The summed E-state index contributed by atoms with van der Waals surface area (Å²) in [4.78, 5) is 27.7. The standard InChI is InChI=1S/C25H25F3N6O4S/c1-14-20(22(35)38-2)21(19-8-7-15(13-29)11-16(19)9-10-32-39(3)37)34(24(31)36)23(30)33(14)18-6-4-5-17(12-18)25(26,27)28/h4-8,11-12,21,30,32H,9-10H2,1-3H3,(H2,31,36)/t21-,39?/m1/s1. The molecule has 10 nitrogen and oxygen atoms in total. The number of hydrogen-bond acceptors (Lipinski definition) is 6. The number of halogens is 3. The van der Waals surface area contributed by atoms with Crippen LogP contribution in [0.25, 0.3) is 0 Å². The lowest BCUT2D eigenvalue weighted by molar-refractivity contribution is -0.138. The fraction of sp³-hybridized carbons (Fsp3) is 0.280. The molecular formula is C25H25F3N6O4S. The molecule has 4 N–H and O–H groups in total. The number of nitriles is 1. The number of urea groups is 1. The van der Waals surface area contributed by atoms with E-state index in [2.05, 4.69) is 4.72 Å². The zero-order valence-corrected chi connectivity index (χ0v) is 21.9. The minimum Gasteiger partial charge on any atom is -0.466 e. The molecular weight excluding hydrogens is 537 g/mol. The molecule has 0 fully saturated rings. The molecule has 0 bridgehead atoms. The van der Waals surface area contributed by atoms with Crippen LogP contribution in [-0.4, -0.2) is 47.0 Å². The highest BCUT2D eigenvalue weighted by Crippen LogP contribution is 2.42. The number of amides is 2. The number of nitrogens with one attached hydrogen (secondary N) is 2. The molecule has 3 rings (SSSR count). The smallest absolute Gasteiger partial charge is 0.416 e. The molecule has 0 saturated heterocycles. The summed E-state index contributed by atoms with van der Waals surface area (Å²) in [5.74, 6) is -1.50. The average Bonchev–Trinajstić information content (AvgIpc) is 2.87. The Kier molecular flexibility index (Phi) is 8.78. The molecule has 0 aromatic heterocycles. The summed E-state index contributed by atoms with van der Waals surface area (Å²) in [6, 6.07) is 8.11. The Morgan fingerprint density at radius 2 is 1.95 bits per heavy atom. The number of guanidine groups is 1. The van der Waals surface area contributed by atoms with Crippen molar-refractivity contribution in [3.63, 3.8) is 0 Å². The lowest BCUT2D eigenvalue weighted by Crippen LogP contribution is -2.55. The van der Waals surface area contributed by atoms with Gasteiger partial charge in [0.25, 0.3) is 0 Å². The van der Waals surface area contributed by atoms with E-state index in [4.69, 9.17) is 15.9 Å². The van der Waals surface area contributed by atoms with Crippen LogP contribution in [0.4, 0.5) is 23.7 Å². The summed E-state index contributed by atoms with van der Waals surface area (Å²) < 4.78 is 59.6. The van der Waals surface area contributed by atoms with Crippen LogP contribution in [0.15, 0.2) is 53.7 Å². The van der Waals surface area contributed by atoms with Crippen LogP contribution < -0.4 is 15.4 Å². The number of primary amides is 1. The molecule has 2 amide bonds. The molecule has 0 radical (unpaired) electrons. The van der Waals surface area contributed by atoms with Gasteiger partial charge in [-0.1, -0.05) is 12.1 Å². The number of ether oxygens (including phenoxy) is 1.